The molecular formula is C19H30N4O3S2. The Morgan fingerprint density at radius 3 is 2.50 bits per heavy atom. The molecule has 0 spiro atoms. The van der Waals surface area contributed by atoms with E-state index in [4.69, 9.17) is 4.74 Å². The van der Waals surface area contributed by atoms with Crippen molar-refractivity contribution in [3.63, 3.8) is 0 Å². The van der Waals surface area contributed by atoms with Crippen LogP contribution in [0.3, 0.4) is 0 Å². The first-order chi connectivity index (χ1) is 13.1. The van der Waals surface area contributed by atoms with Gasteiger partial charge in [0.25, 0.3) is 0 Å². The number of aryl methyl sites for hydroxylation is 1. The van der Waals surface area contributed by atoms with E-state index in [0.29, 0.717) is 31.1 Å². The van der Waals surface area contributed by atoms with E-state index in [0.717, 1.165) is 18.0 Å². The maximum atomic E-state index is 13.2. The highest BCUT2D eigenvalue weighted by molar-refractivity contribution is 7.89. The van der Waals surface area contributed by atoms with Crippen molar-refractivity contribution in [3.05, 3.63) is 33.8 Å². The van der Waals surface area contributed by atoms with Gasteiger partial charge < -0.3 is 4.74 Å². The van der Waals surface area contributed by atoms with Crippen molar-refractivity contribution in [2.24, 2.45) is 0 Å². The largest absolute Gasteiger partial charge is 0.379 e. The molecule has 7 nitrogen and oxygen atoms in total. The number of ether oxygens (including phenoxy) is 1. The molecule has 1 N–H and O–H groups in total. The van der Waals surface area contributed by atoms with Crippen LogP contribution in [-0.4, -0.2) is 55.9 Å². The number of rotatable bonds is 6. The Morgan fingerprint density at radius 2 is 1.96 bits per heavy atom. The maximum Gasteiger partial charge on any atom is 0.244 e. The molecule has 1 aliphatic rings. The zero-order chi connectivity index (χ0) is 20.5. The second-order valence-electron chi connectivity index (χ2n) is 8.11. The predicted octanol–water partition coefficient (Wildman–Crippen LogP) is 2.67. The Morgan fingerprint density at radius 1 is 1.29 bits per heavy atom. The van der Waals surface area contributed by atoms with Crippen LogP contribution in [0.1, 0.15) is 43.1 Å². The zero-order valence-corrected chi connectivity index (χ0v) is 18.9. The SMILES string of the molecule is Cc1nn(C(C)(C)C)c(C)c1S(=O)(=O)NCC(c1cccs1)N1CCOCC1. The molecule has 2 aromatic rings. The lowest BCUT2D eigenvalue weighted by Gasteiger charge is -2.34. The Hall–Kier alpha value is -1.26. The summed E-state index contributed by atoms with van der Waals surface area (Å²) in [7, 11) is -3.67. The van der Waals surface area contributed by atoms with Gasteiger partial charge in [-0.15, -0.1) is 11.3 Å². The van der Waals surface area contributed by atoms with Crippen molar-refractivity contribution in [1.29, 1.82) is 0 Å². The van der Waals surface area contributed by atoms with Gasteiger partial charge in [0.15, 0.2) is 0 Å². The summed E-state index contributed by atoms with van der Waals surface area (Å²) in [6.45, 7) is 12.9. The molecule has 0 bridgehead atoms. The first-order valence-electron chi connectivity index (χ1n) is 9.53. The third-order valence-electron chi connectivity index (χ3n) is 4.95. The molecule has 1 aliphatic heterocycles. The van der Waals surface area contributed by atoms with Crippen LogP contribution in [0.2, 0.25) is 0 Å². The van der Waals surface area contributed by atoms with Crippen LogP contribution < -0.4 is 4.72 Å². The summed E-state index contributed by atoms with van der Waals surface area (Å²) in [4.78, 5) is 3.73. The summed E-state index contributed by atoms with van der Waals surface area (Å²) in [5.74, 6) is 0. The van der Waals surface area contributed by atoms with E-state index in [1.54, 1.807) is 22.9 Å². The van der Waals surface area contributed by atoms with Gasteiger partial charge in [0.1, 0.15) is 4.90 Å². The summed E-state index contributed by atoms with van der Waals surface area (Å²) < 4.78 is 36.4. The highest BCUT2D eigenvalue weighted by Crippen LogP contribution is 2.28. The molecule has 1 saturated heterocycles. The smallest absolute Gasteiger partial charge is 0.244 e. The second kappa shape index (κ2) is 8.23. The van der Waals surface area contributed by atoms with Crippen molar-refractivity contribution in [2.75, 3.05) is 32.8 Å². The third-order valence-corrected chi connectivity index (χ3v) is 7.60. The molecule has 156 valence electrons. The number of sulfonamides is 1. The molecule has 9 heteroatoms. The molecule has 0 amide bonds. The molecule has 28 heavy (non-hydrogen) atoms. The first kappa shape index (κ1) is 21.4. The van der Waals surface area contributed by atoms with Crippen LogP contribution in [-0.2, 0) is 20.3 Å². The molecule has 1 atom stereocenters. The summed E-state index contributed by atoms with van der Waals surface area (Å²) >= 11 is 1.65. The van der Waals surface area contributed by atoms with Crippen LogP contribution in [0.4, 0.5) is 0 Å². The lowest BCUT2D eigenvalue weighted by molar-refractivity contribution is 0.0179. The maximum absolute atomic E-state index is 13.2. The lowest BCUT2D eigenvalue weighted by Crippen LogP contribution is -2.43. The van der Waals surface area contributed by atoms with Crippen molar-refractivity contribution in [1.82, 2.24) is 19.4 Å². The second-order valence-corrected chi connectivity index (χ2v) is 10.8. The molecule has 0 aromatic carbocycles. The number of thiophene rings is 1. The topological polar surface area (TPSA) is 76.5 Å². The number of hydrogen-bond donors (Lipinski definition) is 1. The molecule has 0 aliphatic carbocycles. The van der Waals surface area contributed by atoms with E-state index in [-0.39, 0.29) is 16.5 Å². The quantitative estimate of drug-likeness (QED) is 0.769. The fourth-order valence-electron chi connectivity index (χ4n) is 3.71. The standard InChI is InChI=1S/C19H30N4O3S2/c1-14-18(15(2)23(21-14)19(3,4)5)28(24,25)20-13-16(17-7-6-12-27-17)22-8-10-26-11-9-22/h6-7,12,16,20H,8-11,13H2,1-5H3. The van der Waals surface area contributed by atoms with E-state index in [1.165, 1.54) is 0 Å². The Labute approximate surface area is 171 Å². The molecule has 3 heterocycles. The van der Waals surface area contributed by atoms with Crippen LogP contribution in [0.5, 0.6) is 0 Å². The van der Waals surface area contributed by atoms with Crippen LogP contribution in [0.25, 0.3) is 0 Å². The van der Waals surface area contributed by atoms with Crippen LogP contribution >= 0.6 is 11.3 Å². The van der Waals surface area contributed by atoms with Gasteiger partial charge in [0.05, 0.1) is 36.2 Å². The van der Waals surface area contributed by atoms with Crippen LogP contribution in [0.15, 0.2) is 22.4 Å². The van der Waals surface area contributed by atoms with E-state index >= 15 is 0 Å². The molecule has 0 saturated carbocycles. The number of nitrogens with zero attached hydrogens (tertiary/aromatic N) is 3. The first-order valence-corrected chi connectivity index (χ1v) is 11.9. The number of hydrogen-bond acceptors (Lipinski definition) is 6. The van der Waals surface area contributed by atoms with Gasteiger partial charge >= 0.3 is 0 Å². The number of aromatic nitrogens is 2. The van der Waals surface area contributed by atoms with E-state index < -0.39 is 10.0 Å². The van der Waals surface area contributed by atoms with E-state index in [2.05, 4.69) is 20.8 Å². The molecule has 2 aromatic heterocycles. The fraction of sp³-hybridized carbons (Fsp3) is 0.632. The minimum Gasteiger partial charge on any atom is -0.379 e. The third kappa shape index (κ3) is 4.49. The highest BCUT2D eigenvalue weighted by Gasteiger charge is 2.30. The summed E-state index contributed by atoms with van der Waals surface area (Å²) in [6.07, 6.45) is 0. The van der Waals surface area contributed by atoms with Crippen molar-refractivity contribution in [3.8, 4) is 0 Å². The minimum absolute atomic E-state index is 0.00283. The monoisotopic (exact) mass is 426 g/mol. The van der Waals surface area contributed by atoms with E-state index in [1.807, 2.05) is 39.1 Å². The average Bonchev–Trinajstić information content (AvgIpc) is 3.24. The summed E-state index contributed by atoms with van der Waals surface area (Å²) in [5.41, 5.74) is 0.908. The minimum atomic E-state index is -3.67. The van der Waals surface area contributed by atoms with Gasteiger partial charge in [-0.1, -0.05) is 6.07 Å². The van der Waals surface area contributed by atoms with Crippen molar-refractivity contribution >= 4 is 21.4 Å². The Bertz CT molecular complexity index is 892. The highest BCUT2D eigenvalue weighted by atomic mass is 32.2. The molecule has 1 unspecified atom stereocenters. The zero-order valence-electron chi connectivity index (χ0n) is 17.2. The van der Waals surface area contributed by atoms with Crippen LogP contribution in [0, 0.1) is 13.8 Å². The van der Waals surface area contributed by atoms with Gasteiger partial charge in [-0.25, -0.2) is 13.1 Å². The molecule has 1 fully saturated rings. The Kier molecular flexibility index (Phi) is 6.31. The fourth-order valence-corrected chi connectivity index (χ4v) is 6.00. The van der Waals surface area contributed by atoms with E-state index in [9.17, 15) is 8.42 Å². The normalized spacial score (nSPS) is 17.8. The van der Waals surface area contributed by atoms with Gasteiger partial charge in [-0.05, 0) is 46.1 Å². The van der Waals surface area contributed by atoms with Crippen molar-refractivity contribution < 1.29 is 13.2 Å². The lowest BCUT2D eigenvalue weighted by atomic mass is 10.1. The summed E-state index contributed by atoms with van der Waals surface area (Å²) in [5, 5.41) is 6.51. The molecule has 0 radical (unpaired) electrons. The van der Waals surface area contributed by atoms with Crippen molar-refractivity contribution in [2.45, 2.75) is 51.1 Å². The predicted molar refractivity (Wildman–Crippen MR) is 111 cm³/mol. The number of nitrogens with one attached hydrogen (secondary N) is 1. The average molecular weight is 427 g/mol. The Balaban J connectivity index is 1.84. The number of morpholine rings is 1. The van der Waals surface area contributed by atoms with Gasteiger partial charge in [0, 0.05) is 24.5 Å². The molecular weight excluding hydrogens is 396 g/mol. The van der Waals surface area contributed by atoms with Gasteiger partial charge in [0.2, 0.25) is 10.0 Å². The van der Waals surface area contributed by atoms with Gasteiger partial charge in [-0.3, -0.25) is 9.58 Å². The molecule has 3 rings (SSSR count). The summed E-state index contributed by atoms with van der Waals surface area (Å²) in [6, 6.07) is 4.06. The van der Waals surface area contributed by atoms with Gasteiger partial charge in [-0.2, -0.15) is 5.10 Å².